The third kappa shape index (κ3) is 5.56. The number of rotatable bonds is 11. The fraction of sp³-hybridized carbons (Fsp3) is 0.519. The molecule has 28 heavy (non-hydrogen) atoms. The van der Waals surface area contributed by atoms with E-state index in [1.54, 1.807) is 0 Å². The molecule has 1 aliphatic carbocycles. The van der Waals surface area contributed by atoms with Crippen LogP contribution in [-0.2, 0) is 12.8 Å². The van der Waals surface area contributed by atoms with Crippen LogP contribution in [0, 0.1) is 5.92 Å². The van der Waals surface area contributed by atoms with E-state index < -0.39 is 0 Å². The molecule has 1 aromatic carbocycles. The van der Waals surface area contributed by atoms with Crippen LogP contribution in [0.15, 0.2) is 43.0 Å². The van der Waals surface area contributed by atoms with Gasteiger partial charge in [0.1, 0.15) is 0 Å². The Morgan fingerprint density at radius 3 is 2.64 bits per heavy atom. The summed E-state index contributed by atoms with van der Waals surface area (Å²) in [6.45, 7) is 6.34. The molecule has 1 aliphatic rings. The predicted molar refractivity (Wildman–Crippen MR) is 124 cm³/mol. The summed E-state index contributed by atoms with van der Waals surface area (Å²) in [5.74, 6) is 0.977. The molecule has 0 amide bonds. The molecule has 0 saturated heterocycles. The maximum Gasteiger partial charge on any atom is 0.0712 e. The number of benzene rings is 1. The van der Waals surface area contributed by atoms with E-state index in [-0.39, 0.29) is 0 Å². The third-order valence-corrected chi connectivity index (χ3v) is 6.32. The Morgan fingerprint density at radius 1 is 1.04 bits per heavy atom. The van der Waals surface area contributed by atoms with E-state index in [1.165, 1.54) is 80.7 Å². The number of unbranched alkanes of at least 4 members (excludes halogenated alkanes) is 3. The van der Waals surface area contributed by atoms with Gasteiger partial charge in [-0.05, 0) is 61.3 Å². The van der Waals surface area contributed by atoms with Gasteiger partial charge in [-0.15, -0.1) is 0 Å². The van der Waals surface area contributed by atoms with E-state index in [1.807, 2.05) is 6.08 Å². The zero-order chi connectivity index (χ0) is 19.6. The topological polar surface area (TPSA) is 12.9 Å². The molecule has 0 aliphatic heterocycles. The molecule has 0 radical (unpaired) electrons. The van der Waals surface area contributed by atoms with E-state index in [9.17, 15) is 0 Å². The smallest absolute Gasteiger partial charge is 0.0712 e. The number of hydrogen-bond acceptors (Lipinski definition) is 1. The van der Waals surface area contributed by atoms with Crippen molar-refractivity contribution >= 4 is 17.0 Å². The lowest BCUT2D eigenvalue weighted by molar-refractivity contribution is 0.508. The number of aryl methyl sites for hydroxylation is 1. The first-order valence-corrected chi connectivity index (χ1v) is 11.5. The second kappa shape index (κ2) is 11.2. The maximum absolute atomic E-state index is 4.91. The lowest BCUT2D eigenvalue weighted by atomic mass is 9.93. The van der Waals surface area contributed by atoms with Crippen LogP contribution < -0.4 is 0 Å². The monoisotopic (exact) mass is 375 g/mol. The van der Waals surface area contributed by atoms with Crippen molar-refractivity contribution in [1.29, 1.82) is 0 Å². The Labute approximate surface area is 172 Å². The number of pyridine rings is 1. The minimum absolute atomic E-state index is 0.977. The van der Waals surface area contributed by atoms with E-state index in [0.717, 1.165) is 30.0 Å². The van der Waals surface area contributed by atoms with Gasteiger partial charge in [0, 0.05) is 5.39 Å². The van der Waals surface area contributed by atoms with Crippen LogP contribution in [0.3, 0.4) is 0 Å². The average molecular weight is 376 g/mol. The summed E-state index contributed by atoms with van der Waals surface area (Å²) in [5.41, 5.74) is 5.07. The third-order valence-electron chi connectivity index (χ3n) is 6.32. The number of aromatic nitrogens is 1. The SMILES string of the molecule is C=Cc1nc2ccccc2c(CCCCCC)c1C/C=C/CCC1CCCC1. The lowest BCUT2D eigenvalue weighted by Gasteiger charge is -2.15. The molecule has 1 aromatic heterocycles. The Kier molecular flexibility index (Phi) is 8.33. The van der Waals surface area contributed by atoms with Crippen molar-refractivity contribution in [3.63, 3.8) is 0 Å². The van der Waals surface area contributed by atoms with E-state index in [0.29, 0.717) is 0 Å². The molecule has 0 atom stereocenters. The standard InChI is InChI=1S/C27H37N/c1-3-5-6-9-18-23-24(19-10-7-8-15-22-16-11-12-17-22)26(4-2)28-27-21-14-13-20-25(23)27/h4,7,10,13-14,20-22H,2-3,5-6,8-9,11-12,15-19H2,1H3/b10-7+. The molecule has 150 valence electrons. The van der Waals surface area contributed by atoms with Crippen molar-refractivity contribution in [2.45, 2.75) is 84.0 Å². The van der Waals surface area contributed by atoms with Gasteiger partial charge >= 0.3 is 0 Å². The van der Waals surface area contributed by atoms with Crippen molar-refractivity contribution in [3.8, 4) is 0 Å². The molecule has 1 fully saturated rings. The molecular weight excluding hydrogens is 338 g/mol. The number of allylic oxidation sites excluding steroid dienone is 2. The summed E-state index contributed by atoms with van der Waals surface area (Å²) < 4.78 is 0. The van der Waals surface area contributed by atoms with Gasteiger partial charge in [0.15, 0.2) is 0 Å². The first-order valence-electron chi connectivity index (χ1n) is 11.5. The molecule has 3 rings (SSSR count). The van der Waals surface area contributed by atoms with Gasteiger partial charge in [-0.25, -0.2) is 4.98 Å². The summed E-state index contributed by atoms with van der Waals surface area (Å²) in [4.78, 5) is 4.91. The van der Waals surface area contributed by atoms with Crippen molar-refractivity contribution in [3.05, 3.63) is 59.8 Å². The quantitative estimate of drug-likeness (QED) is 0.286. The van der Waals surface area contributed by atoms with Gasteiger partial charge in [0.25, 0.3) is 0 Å². The van der Waals surface area contributed by atoms with Gasteiger partial charge in [0.05, 0.1) is 11.2 Å². The molecule has 0 bridgehead atoms. The molecule has 2 aromatic rings. The fourth-order valence-electron chi connectivity index (χ4n) is 4.70. The van der Waals surface area contributed by atoms with Gasteiger partial charge in [-0.2, -0.15) is 0 Å². The van der Waals surface area contributed by atoms with Crippen LogP contribution in [0.5, 0.6) is 0 Å². The van der Waals surface area contributed by atoms with Crippen molar-refractivity contribution in [2.75, 3.05) is 0 Å². The van der Waals surface area contributed by atoms with Crippen LogP contribution in [0.25, 0.3) is 17.0 Å². The molecule has 1 saturated carbocycles. The summed E-state index contributed by atoms with van der Waals surface area (Å²) in [6.07, 6.45) is 22.4. The van der Waals surface area contributed by atoms with Gasteiger partial charge in [0.2, 0.25) is 0 Å². The minimum Gasteiger partial charge on any atom is -0.248 e. The first-order chi connectivity index (χ1) is 13.8. The number of nitrogens with zero attached hydrogens (tertiary/aromatic N) is 1. The predicted octanol–water partition coefficient (Wildman–Crippen LogP) is 8.07. The fourth-order valence-corrected chi connectivity index (χ4v) is 4.70. The summed E-state index contributed by atoms with van der Waals surface area (Å²) in [5, 5.41) is 1.33. The Hall–Kier alpha value is -1.89. The van der Waals surface area contributed by atoms with Gasteiger partial charge < -0.3 is 0 Å². The molecule has 0 spiro atoms. The van der Waals surface area contributed by atoms with Crippen LogP contribution >= 0.6 is 0 Å². The largest absolute Gasteiger partial charge is 0.248 e. The zero-order valence-corrected chi connectivity index (χ0v) is 17.8. The molecule has 1 nitrogen and oxygen atoms in total. The Bertz CT molecular complexity index is 780. The van der Waals surface area contributed by atoms with Crippen LogP contribution in [0.1, 0.15) is 88.0 Å². The number of hydrogen-bond donors (Lipinski definition) is 0. The number of para-hydroxylation sites is 1. The summed E-state index contributed by atoms with van der Waals surface area (Å²) in [7, 11) is 0. The lowest BCUT2D eigenvalue weighted by Crippen LogP contribution is -2.02. The highest BCUT2D eigenvalue weighted by atomic mass is 14.7. The first kappa shape index (κ1) is 20.8. The van der Waals surface area contributed by atoms with E-state index in [4.69, 9.17) is 4.98 Å². The highest BCUT2D eigenvalue weighted by Gasteiger charge is 2.14. The molecular formula is C27H37N. The molecule has 0 N–H and O–H groups in total. The van der Waals surface area contributed by atoms with E-state index >= 15 is 0 Å². The highest BCUT2D eigenvalue weighted by Crippen LogP contribution is 2.29. The Morgan fingerprint density at radius 2 is 1.86 bits per heavy atom. The second-order valence-corrected chi connectivity index (χ2v) is 8.39. The normalized spacial score (nSPS) is 15.0. The van der Waals surface area contributed by atoms with Crippen molar-refractivity contribution in [1.82, 2.24) is 4.98 Å². The molecule has 1 heteroatoms. The van der Waals surface area contributed by atoms with Crippen LogP contribution in [0.4, 0.5) is 0 Å². The maximum atomic E-state index is 4.91. The van der Waals surface area contributed by atoms with Crippen LogP contribution in [-0.4, -0.2) is 4.98 Å². The van der Waals surface area contributed by atoms with Gasteiger partial charge in [-0.3, -0.25) is 0 Å². The molecule has 0 unspecified atom stereocenters. The summed E-state index contributed by atoms with van der Waals surface area (Å²) >= 11 is 0. The Balaban J connectivity index is 1.76. The zero-order valence-electron chi connectivity index (χ0n) is 17.8. The average Bonchev–Trinajstić information content (AvgIpc) is 3.24. The van der Waals surface area contributed by atoms with Crippen LogP contribution in [0.2, 0.25) is 0 Å². The van der Waals surface area contributed by atoms with Crippen molar-refractivity contribution in [2.24, 2.45) is 5.92 Å². The molecule has 1 heterocycles. The second-order valence-electron chi connectivity index (χ2n) is 8.39. The highest BCUT2D eigenvalue weighted by molar-refractivity contribution is 5.85. The van der Waals surface area contributed by atoms with E-state index in [2.05, 4.69) is 49.9 Å². The van der Waals surface area contributed by atoms with Crippen molar-refractivity contribution < 1.29 is 0 Å². The van der Waals surface area contributed by atoms with Gasteiger partial charge in [-0.1, -0.05) is 88.8 Å². The minimum atomic E-state index is 0.977. The number of fused-ring (bicyclic) bond motifs is 1. The summed E-state index contributed by atoms with van der Waals surface area (Å²) in [6, 6.07) is 8.62.